The SMILES string of the molecule is C=C(OCC)c1cc(C)cc2nc(C#N)c(N3CCC(F)(F)CC3)nc12. The van der Waals surface area contributed by atoms with Crippen LogP contribution in [0.5, 0.6) is 0 Å². The largest absolute Gasteiger partial charge is 0.494 e. The molecule has 0 atom stereocenters. The van der Waals surface area contributed by atoms with Crippen molar-refractivity contribution >= 4 is 22.6 Å². The lowest BCUT2D eigenvalue weighted by atomic mass is 10.1. The number of fused-ring (bicyclic) bond motifs is 1. The van der Waals surface area contributed by atoms with Gasteiger partial charge in [0.15, 0.2) is 11.5 Å². The lowest BCUT2D eigenvalue weighted by Gasteiger charge is -2.32. The first-order chi connectivity index (χ1) is 12.3. The summed E-state index contributed by atoms with van der Waals surface area (Å²) in [5, 5.41) is 9.47. The Morgan fingerprint density at radius 2 is 2.04 bits per heavy atom. The van der Waals surface area contributed by atoms with Gasteiger partial charge in [-0.25, -0.2) is 18.7 Å². The molecular weight excluding hydrogens is 338 g/mol. The van der Waals surface area contributed by atoms with Crippen LogP contribution in [-0.2, 0) is 4.74 Å². The van der Waals surface area contributed by atoms with Crippen LogP contribution < -0.4 is 4.90 Å². The molecule has 1 aliphatic rings. The molecule has 0 spiro atoms. The summed E-state index contributed by atoms with van der Waals surface area (Å²) in [5.41, 5.74) is 2.89. The van der Waals surface area contributed by atoms with Crippen molar-refractivity contribution in [3.05, 3.63) is 35.5 Å². The highest BCUT2D eigenvalue weighted by Crippen LogP contribution is 2.33. The van der Waals surface area contributed by atoms with Crippen LogP contribution >= 0.6 is 0 Å². The molecule has 0 unspecified atom stereocenters. The minimum Gasteiger partial charge on any atom is -0.494 e. The third-order valence-electron chi connectivity index (χ3n) is 4.42. The van der Waals surface area contributed by atoms with E-state index in [1.54, 1.807) is 4.90 Å². The van der Waals surface area contributed by atoms with Gasteiger partial charge in [0.05, 0.1) is 12.1 Å². The molecule has 0 radical (unpaired) electrons. The van der Waals surface area contributed by atoms with E-state index in [-0.39, 0.29) is 31.6 Å². The fourth-order valence-electron chi connectivity index (χ4n) is 3.10. The van der Waals surface area contributed by atoms with E-state index in [0.29, 0.717) is 34.8 Å². The number of ether oxygens (including phenoxy) is 1. The minimum atomic E-state index is -2.67. The molecule has 2 heterocycles. The van der Waals surface area contributed by atoms with Crippen LogP contribution in [0.2, 0.25) is 0 Å². The van der Waals surface area contributed by atoms with Gasteiger partial charge in [-0.05, 0) is 31.5 Å². The first-order valence-corrected chi connectivity index (χ1v) is 8.52. The van der Waals surface area contributed by atoms with Gasteiger partial charge in [0.2, 0.25) is 0 Å². The molecule has 1 aromatic carbocycles. The third-order valence-corrected chi connectivity index (χ3v) is 4.42. The number of hydrogen-bond acceptors (Lipinski definition) is 5. The van der Waals surface area contributed by atoms with Gasteiger partial charge in [0, 0.05) is 31.5 Å². The molecule has 1 aliphatic heterocycles. The maximum atomic E-state index is 13.5. The van der Waals surface area contributed by atoms with Crippen molar-refractivity contribution < 1.29 is 13.5 Å². The number of piperidine rings is 1. The van der Waals surface area contributed by atoms with Crippen LogP contribution in [0.4, 0.5) is 14.6 Å². The van der Waals surface area contributed by atoms with Crippen molar-refractivity contribution in [1.29, 1.82) is 5.26 Å². The van der Waals surface area contributed by atoms with E-state index < -0.39 is 5.92 Å². The summed E-state index contributed by atoms with van der Waals surface area (Å²) in [6.07, 6.45) is -0.520. The van der Waals surface area contributed by atoms with Crippen LogP contribution in [0.25, 0.3) is 16.8 Å². The van der Waals surface area contributed by atoms with Gasteiger partial charge in [-0.1, -0.05) is 6.58 Å². The van der Waals surface area contributed by atoms with Crippen molar-refractivity contribution in [1.82, 2.24) is 9.97 Å². The molecule has 0 aliphatic carbocycles. The average molecular weight is 358 g/mol. The highest BCUT2D eigenvalue weighted by molar-refractivity contribution is 5.89. The monoisotopic (exact) mass is 358 g/mol. The molecule has 26 heavy (non-hydrogen) atoms. The summed E-state index contributed by atoms with van der Waals surface area (Å²) in [7, 11) is 0. The van der Waals surface area contributed by atoms with Crippen LogP contribution in [-0.4, -0.2) is 35.6 Å². The van der Waals surface area contributed by atoms with Crippen molar-refractivity contribution in [3.8, 4) is 6.07 Å². The van der Waals surface area contributed by atoms with E-state index in [9.17, 15) is 14.0 Å². The van der Waals surface area contributed by atoms with E-state index in [0.717, 1.165) is 5.56 Å². The van der Waals surface area contributed by atoms with Gasteiger partial charge >= 0.3 is 0 Å². The molecule has 136 valence electrons. The molecule has 3 rings (SSSR count). The predicted molar refractivity (Wildman–Crippen MR) is 96.0 cm³/mol. The molecule has 1 fully saturated rings. The van der Waals surface area contributed by atoms with Gasteiger partial charge in [-0.2, -0.15) is 5.26 Å². The Morgan fingerprint density at radius 1 is 1.35 bits per heavy atom. The Bertz CT molecular complexity index is 895. The maximum Gasteiger partial charge on any atom is 0.251 e. The number of hydrogen-bond donors (Lipinski definition) is 0. The summed E-state index contributed by atoms with van der Waals surface area (Å²) in [4.78, 5) is 10.7. The second-order valence-electron chi connectivity index (χ2n) is 6.39. The number of anilines is 1. The van der Waals surface area contributed by atoms with Crippen LogP contribution in [0.1, 0.15) is 36.6 Å². The molecule has 0 bridgehead atoms. The highest BCUT2D eigenvalue weighted by Gasteiger charge is 2.35. The topological polar surface area (TPSA) is 62.0 Å². The van der Waals surface area contributed by atoms with Crippen LogP contribution in [0, 0.1) is 18.3 Å². The Labute approximate surface area is 150 Å². The number of rotatable bonds is 4. The second-order valence-corrected chi connectivity index (χ2v) is 6.39. The molecule has 0 N–H and O–H groups in total. The third kappa shape index (κ3) is 3.45. The number of nitriles is 1. The zero-order valence-electron chi connectivity index (χ0n) is 14.9. The van der Waals surface area contributed by atoms with Crippen molar-refractivity contribution in [2.45, 2.75) is 32.6 Å². The van der Waals surface area contributed by atoms with Gasteiger partial charge in [0.25, 0.3) is 5.92 Å². The standard InChI is InChI=1S/C19H20F2N4O/c1-4-26-13(3)14-9-12(2)10-15-17(14)24-18(16(11-22)23-15)25-7-5-19(20,21)6-8-25/h9-10H,3-8H2,1-2H3. The quantitative estimate of drug-likeness (QED) is 0.772. The minimum absolute atomic E-state index is 0.134. The smallest absolute Gasteiger partial charge is 0.251 e. The predicted octanol–water partition coefficient (Wildman–Crippen LogP) is 4.05. The van der Waals surface area contributed by atoms with Gasteiger partial charge in [0.1, 0.15) is 17.3 Å². The summed E-state index contributed by atoms with van der Waals surface area (Å²) in [5.74, 6) is -1.86. The van der Waals surface area contributed by atoms with E-state index >= 15 is 0 Å². The van der Waals surface area contributed by atoms with Gasteiger partial charge < -0.3 is 9.64 Å². The maximum absolute atomic E-state index is 13.5. The van der Waals surface area contributed by atoms with Gasteiger partial charge in [-0.3, -0.25) is 0 Å². The Balaban J connectivity index is 2.12. The summed E-state index contributed by atoms with van der Waals surface area (Å²) >= 11 is 0. The van der Waals surface area contributed by atoms with Crippen LogP contribution in [0.15, 0.2) is 18.7 Å². The zero-order valence-corrected chi connectivity index (χ0v) is 14.9. The highest BCUT2D eigenvalue weighted by atomic mass is 19.3. The number of alkyl halides is 2. The summed E-state index contributed by atoms with van der Waals surface area (Å²) in [6.45, 7) is 8.45. The molecule has 1 saturated heterocycles. The number of nitrogens with zero attached hydrogens (tertiary/aromatic N) is 4. The van der Waals surface area contributed by atoms with Crippen molar-refractivity contribution in [3.63, 3.8) is 0 Å². The number of aryl methyl sites for hydroxylation is 1. The first kappa shape index (κ1) is 18.1. The van der Waals surface area contributed by atoms with E-state index in [1.807, 2.05) is 32.0 Å². The molecule has 7 heteroatoms. The Kier molecular flexibility index (Phi) is 4.77. The lowest BCUT2D eigenvalue weighted by Crippen LogP contribution is -2.40. The molecule has 5 nitrogen and oxygen atoms in total. The van der Waals surface area contributed by atoms with Crippen molar-refractivity contribution in [2.24, 2.45) is 0 Å². The fourth-order valence-corrected chi connectivity index (χ4v) is 3.10. The average Bonchev–Trinajstić information content (AvgIpc) is 2.60. The number of benzene rings is 1. The molecular formula is C19H20F2N4O. The van der Waals surface area contributed by atoms with Crippen molar-refractivity contribution in [2.75, 3.05) is 24.6 Å². The fraction of sp³-hybridized carbons (Fsp3) is 0.421. The number of aromatic nitrogens is 2. The van der Waals surface area contributed by atoms with E-state index in [1.165, 1.54) is 0 Å². The Morgan fingerprint density at radius 3 is 2.65 bits per heavy atom. The normalized spacial score (nSPS) is 16.3. The van der Waals surface area contributed by atoms with Gasteiger partial charge in [-0.15, -0.1) is 0 Å². The van der Waals surface area contributed by atoms with E-state index in [4.69, 9.17) is 4.74 Å². The first-order valence-electron chi connectivity index (χ1n) is 8.52. The molecule has 1 aromatic heterocycles. The van der Waals surface area contributed by atoms with Crippen LogP contribution in [0.3, 0.4) is 0 Å². The zero-order chi connectivity index (χ0) is 18.9. The molecule has 0 saturated carbocycles. The molecule has 0 amide bonds. The number of halogens is 2. The summed E-state index contributed by atoms with van der Waals surface area (Å²) in [6, 6.07) is 5.77. The molecule has 2 aromatic rings. The second kappa shape index (κ2) is 6.87. The Hall–Kier alpha value is -2.75. The van der Waals surface area contributed by atoms with E-state index in [2.05, 4.69) is 16.5 Å². The lowest BCUT2D eigenvalue weighted by molar-refractivity contribution is -0.0221. The summed E-state index contributed by atoms with van der Waals surface area (Å²) < 4.78 is 32.5.